The van der Waals surface area contributed by atoms with Crippen LogP contribution in [0.2, 0.25) is 0 Å². The maximum atomic E-state index is 12.9. The number of aromatic amines is 1. The number of furan rings is 1. The van der Waals surface area contributed by atoms with Crippen LogP contribution in [0.15, 0.2) is 71.3 Å². The highest BCUT2D eigenvalue weighted by Gasteiger charge is 2.26. The zero-order chi connectivity index (χ0) is 21.1. The van der Waals surface area contributed by atoms with Gasteiger partial charge in [-0.15, -0.1) is 0 Å². The molecule has 0 fully saturated rings. The molecule has 0 aliphatic heterocycles. The average Bonchev–Trinajstić information content (AvgIpc) is 3.37. The van der Waals surface area contributed by atoms with Crippen LogP contribution in [0.5, 0.6) is 0 Å². The Balaban J connectivity index is 1.57. The Morgan fingerprint density at radius 2 is 1.83 bits per heavy atom. The van der Waals surface area contributed by atoms with E-state index in [-0.39, 0.29) is 5.91 Å². The van der Waals surface area contributed by atoms with Crippen LogP contribution in [-0.4, -0.2) is 30.0 Å². The fourth-order valence-electron chi connectivity index (χ4n) is 3.54. The lowest BCUT2D eigenvalue weighted by Crippen LogP contribution is -2.43. The van der Waals surface area contributed by atoms with E-state index in [1.165, 1.54) is 7.11 Å². The molecule has 2 aromatic heterocycles. The summed E-state index contributed by atoms with van der Waals surface area (Å²) in [6.45, 7) is 1.73. The number of H-pyrrole nitrogens is 1. The van der Waals surface area contributed by atoms with Crippen LogP contribution < -0.4 is 5.32 Å². The van der Waals surface area contributed by atoms with Gasteiger partial charge in [0.15, 0.2) is 0 Å². The number of nitrogens with one attached hydrogen (secondary N) is 2. The minimum atomic E-state index is -0.823. The number of benzene rings is 2. The Labute approximate surface area is 173 Å². The van der Waals surface area contributed by atoms with E-state index < -0.39 is 12.0 Å². The number of aromatic nitrogens is 1. The summed E-state index contributed by atoms with van der Waals surface area (Å²) in [6.07, 6.45) is 2.16. The van der Waals surface area contributed by atoms with Gasteiger partial charge < -0.3 is 19.5 Å². The van der Waals surface area contributed by atoms with Crippen LogP contribution in [0, 0.1) is 6.92 Å². The van der Waals surface area contributed by atoms with Crippen molar-refractivity contribution in [2.75, 3.05) is 7.11 Å². The molecular weight excluding hydrogens is 380 g/mol. The third-order valence-corrected chi connectivity index (χ3v) is 5.11. The molecule has 152 valence electrons. The molecule has 0 aliphatic carbocycles. The summed E-state index contributed by atoms with van der Waals surface area (Å²) >= 11 is 0. The standard InChI is InChI=1S/C24H22N2O4/c1-15-19(13-22(30-15)16-8-4-3-5-9-16)23(27)26-21(24(28)29-2)12-17-14-25-20-11-7-6-10-18(17)20/h3-11,13-14,21,25H,12H2,1-2H3,(H,26,27)/t21-/m1/s1. The van der Waals surface area contributed by atoms with Crippen LogP contribution in [0.25, 0.3) is 22.2 Å². The first kappa shape index (κ1) is 19.5. The second kappa shape index (κ2) is 8.29. The largest absolute Gasteiger partial charge is 0.467 e. The third kappa shape index (κ3) is 3.85. The highest BCUT2D eigenvalue weighted by molar-refractivity contribution is 5.98. The van der Waals surface area contributed by atoms with Crippen molar-refractivity contribution in [3.8, 4) is 11.3 Å². The fraction of sp³-hybridized carbons (Fsp3) is 0.167. The zero-order valence-corrected chi connectivity index (χ0v) is 16.8. The minimum Gasteiger partial charge on any atom is -0.467 e. The molecule has 2 N–H and O–H groups in total. The second-order valence-corrected chi connectivity index (χ2v) is 7.06. The molecule has 2 heterocycles. The van der Waals surface area contributed by atoms with Gasteiger partial charge in [-0.3, -0.25) is 4.79 Å². The predicted molar refractivity (Wildman–Crippen MR) is 114 cm³/mol. The SMILES string of the molecule is COC(=O)[C@@H](Cc1c[nH]c2ccccc12)NC(=O)c1cc(-c2ccccc2)oc1C. The van der Waals surface area contributed by atoms with Gasteiger partial charge in [-0.1, -0.05) is 48.5 Å². The molecule has 4 rings (SSSR count). The van der Waals surface area contributed by atoms with Crippen molar-refractivity contribution in [3.05, 3.63) is 83.7 Å². The fourth-order valence-corrected chi connectivity index (χ4v) is 3.54. The van der Waals surface area contributed by atoms with E-state index in [1.807, 2.05) is 60.8 Å². The highest BCUT2D eigenvalue weighted by atomic mass is 16.5. The van der Waals surface area contributed by atoms with Crippen LogP contribution in [0.4, 0.5) is 0 Å². The van der Waals surface area contributed by atoms with Gasteiger partial charge in [0.05, 0.1) is 12.7 Å². The highest BCUT2D eigenvalue weighted by Crippen LogP contribution is 2.25. The van der Waals surface area contributed by atoms with Crippen LogP contribution in [-0.2, 0) is 16.0 Å². The Kier molecular flexibility index (Phi) is 5.39. The monoisotopic (exact) mass is 402 g/mol. The summed E-state index contributed by atoms with van der Waals surface area (Å²) in [6, 6.07) is 18.2. The minimum absolute atomic E-state index is 0.310. The van der Waals surface area contributed by atoms with Crippen molar-refractivity contribution >= 4 is 22.8 Å². The van der Waals surface area contributed by atoms with Gasteiger partial charge in [-0.25, -0.2) is 4.79 Å². The molecule has 4 aromatic rings. The van der Waals surface area contributed by atoms with Gasteiger partial charge in [0.25, 0.3) is 5.91 Å². The first-order valence-electron chi connectivity index (χ1n) is 9.66. The molecule has 0 bridgehead atoms. The number of carbonyl (C=O) groups excluding carboxylic acids is 2. The Bertz CT molecular complexity index is 1190. The Morgan fingerprint density at radius 3 is 2.60 bits per heavy atom. The number of para-hydroxylation sites is 1. The Morgan fingerprint density at radius 1 is 1.10 bits per heavy atom. The van der Waals surface area contributed by atoms with Crippen LogP contribution in [0.1, 0.15) is 21.7 Å². The molecule has 6 heteroatoms. The molecular formula is C24H22N2O4. The molecule has 30 heavy (non-hydrogen) atoms. The number of methoxy groups -OCH3 is 1. The number of esters is 1. The van der Waals surface area contributed by atoms with Crippen molar-refractivity contribution in [1.82, 2.24) is 10.3 Å². The van der Waals surface area contributed by atoms with Crippen molar-refractivity contribution in [2.45, 2.75) is 19.4 Å². The van der Waals surface area contributed by atoms with Crippen molar-refractivity contribution < 1.29 is 18.7 Å². The lowest BCUT2D eigenvalue weighted by molar-refractivity contribution is -0.142. The molecule has 0 spiro atoms. The molecule has 6 nitrogen and oxygen atoms in total. The summed E-state index contributed by atoms with van der Waals surface area (Å²) in [7, 11) is 1.31. The smallest absolute Gasteiger partial charge is 0.328 e. The maximum Gasteiger partial charge on any atom is 0.328 e. The average molecular weight is 402 g/mol. The van der Waals surface area contributed by atoms with Crippen LogP contribution >= 0.6 is 0 Å². The predicted octanol–water partition coefficient (Wildman–Crippen LogP) is 4.25. The van der Waals surface area contributed by atoms with Gasteiger partial charge in [0.1, 0.15) is 17.6 Å². The lowest BCUT2D eigenvalue weighted by Gasteiger charge is -2.16. The van der Waals surface area contributed by atoms with Gasteiger partial charge in [-0.05, 0) is 24.6 Å². The molecule has 2 aromatic carbocycles. The lowest BCUT2D eigenvalue weighted by atomic mass is 10.0. The quantitative estimate of drug-likeness (QED) is 0.472. The Hall–Kier alpha value is -3.80. The summed E-state index contributed by atoms with van der Waals surface area (Å²) in [4.78, 5) is 28.5. The van der Waals surface area contributed by atoms with E-state index >= 15 is 0 Å². The van der Waals surface area contributed by atoms with E-state index in [2.05, 4.69) is 10.3 Å². The van der Waals surface area contributed by atoms with Gasteiger partial charge in [-0.2, -0.15) is 0 Å². The molecule has 0 unspecified atom stereocenters. The van der Waals surface area contributed by atoms with E-state index in [1.54, 1.807) is 13.0 Å². The van der Waals surface area contributed by atoms with Crippen molar-refractivity contribution in [3.63, 3.8) is 0 Å². The summed E-state index contributed by atoms with van der Waals surface area (Å²) in [5.74, 6) is 0.207. The van der Waals surface area contributed by atoms with E-state index in [9.17, 15) is 9.59 Å². The summed E-state index contributed by atoms with van der Waals surface area (Å²) in [5.41, 5.74) is 3.17. The number of rotatable bonds is 6. The zero-order valence-electron chi connectivity index (χ0n) is 16.8. The topological polar surface area (TPSA) is 84.3 Å². The molecule has 1 amide bonds. The second-order valence-electron chi connectivity index (χ2n) is 7.06. The molecule has 0 saturated heterocycles. The van der Waals surface area contributed by atoms with Gasteiger partial charge in [0.2, 0.25) is 0 Å². The van der Waals surface area contributed by atoms with Crippen molar-refractivity contribution in [2.24, 2.45) is 0 Å². The normalized spacial score (nSPS) is 11.9. The van der Waals surface area contributed by atoms with E-state index in [0.29, 0.717) is 23.5 Å². The number of amides is 1. The van der Waals surface area contributed by atoms with E-state index in [4.69, 9.17) is 9.15 Å². The van der Waals surface area contributed by atoms with E-state index in [0.717, 1.165) is 22.0 Å². The first-order valence-corrected chi connectivity index (χ1v) is 9.66. The molecule has 0 radical (unpaired) electrons. The maximum absolute atomic E-state index is 12.9. The number of hydrogen-bond acceptors (Lipinski definition) is 4. The number of fused-ring (bicyclic) bond motifs is 1. The first-order chi connectivity index (χ1) is 14.6. The summed E-state index contributed by atoms with van der Waals surface area (Å²) < 4.78 is 10.7. The van der Waals surface area contributed by atoms with Crippen molar-refractivity contribution in [1.29, 1.82) is 0 Å². The molecule has 0 aliphatic rings. The number of hydrogen-bond donors (Lipinski definition) is 2. The molecule has 0 saturated carbocycles. The van der Waals surface area contributed by atoms with Gasteiger partial charge >= 0.3 is 5.97 Å². The van der Waals surface area contributed by atoms with Gasteiger partial charge in [0, 0.05) is 29.1 Å². The number of carbonyl (C=O) groups is 2. The number of ether oxygens (including phenoxy) is 1. The molecule has 1 atom stereocenters. The number of aryl methyl sites for hydroxylation is 1. The third-order valence-electron chi connectivity index (χ3n) is 5.11. The van der Waals surface area contributed by atoms with Crippen LogP contribution in [0.3, 0.4) is 0 Å². The summed E-state index contributed by atoms with van der Waals surface area (Å²) in [5, 5.41) is 3.81.